The normalized spacial score (nSPS) is 24.8. The number of hydrogen-bond acceptors (Lipinski definition) is 4. The Hall–Kier alpha value is -2.80. The Morgan fingerprint density at radius 1 is 1.06 bits per heavy atom. The number of carbonyl (C=O) groups is 1. The largest absolute Gasteiger partial charge is 0.342 e. The van der Waals surface area contributed by atoms with E-state index >= 15 is 0 Å². The fourth-order valence-corrected chi connectivity index (χ4v) is 6.61. The van der Waals surface area contributed by atoms with Gasteiger partial charge in [0.15, 0.2) is 5.60 Å². The fraction of sp³-hybridized carbons (Fsp3) is 0.375. The van der Waals surface area contributed by atoms with Crippen molar-refractivity contribution in [3.63, 3.8) is 0 Å². The number of benzene rings is 2. The van der Waals surface area contributed by atoms with Crippen LogP contribution in [0.15, 0.2) is 47.4 Å². The highest BCUT2D eigenvalue weighted by atomic mass is 32.2. The Morgan fingerprint density at radius 3 is 2.42 bits per heavy atom. The van der Waals surface area contributed by atoms with Gasteiger partial charge < -0.3 is 9.64 Å². The molecule has 0 N–H and O–H groups in total. The Kier molecular flexibility index (Phi) is 5.27. The standard InChI is InChI=1S/C24H22F2N2O4S/c1-2-16-4-3-5-20(12-16)33(30,31)27-10-8-24(9-11-27)23(29)28-21(6-7-22(28)32-24)17-13-18(25)15-19(26)14-17/h1,3-5,12-15,21-22H,6-11H2/t21-,22+/m0/s1. The van der Waals surface area contributed by atoms with E-state index in [0.29, 0.717) is 24.0 Å². The average Bonchev–Trinajstić information content (AvgIpc) is 3.31. The van der Waals surface area contributed by atoms with Crippen LogP contribution < -0.4 is 0 Å². The second-order valence-electron chi connectivity index (χ2n) is 8.65. The topological polar surface area (TPSA) is 66.9 Å². The minimum absolute atomic E-state index is 0.112. The lowest BCUT2D eigenvalue weighted by atomic mass is 9.90. The van der Waals surface area contributed by atoms with Crippen molar-refractivity contribution in [2.45, 2.75) is 48.4 Å². The summed E-state index contributed by atoms with van der Waals surface area (Å²) in [6.45, 7) is 0.238. The number of sulfonamides is 1. The van der Waals surface area contributed by atoms with E-state index in [-0.39, 0.29) is 36.7 Å². The number of ether oxygens (including phenoxy) is 1. The van der Waals surface area contributed by atoms with Gasteiger partial charge in [0, 0.05) is 24.7 Å². The molecule has 33 heavy (non-hydrogen) atoms. The van der Waals surface area contributed by atoms with Crippen molar-refractivity contribution < 1.29 is 26.7 Å². The van der Waals surface area contributed by atoms with Gasteiger partial charge in [0.25, 0.3) is 5.91 Å². The molecule has 2 atom stereocenters. The minimum atomic E-state index is -3.77. The lowest BCUT2D eigenvalue weighted by molar-refractivity contribution is -0.142. The number of carbonyl (C=O) groups excluding carboxylic acids is 1. The SMILES string of the molecule is C#Cc1cccc(S(=O)(=O)N2CCC3(CC2)O[C@@H]2CC[C@@H](c4cc(F)cc(F)c4)N2C3=O)c1. The predicted octanol–water partition coefficient (Wildman–Crippen LogP) is 3.19. The van der Waals surface area contributed by atoms with E-state index in [1.807, 2.05) is 0 Å². The number of fused-ring (bicyclic) bond motifs is 1. The molecule has 3 saturated heterocycles. The molecule has 0 saturated carbocycles. The molecule has 9 heteroatoms. The van der Waals surface area contributed by atoms with Crippen LogP contribution in [0.5, 0.6) is 0 Å². The van der Waals surface area contributed by atoms with Crippen molar-refractivity contribution >= 4 is 15.9 Å². The summed E-state index contributed by atoms with van der Waals surface area (Å²) in [7, 11) is -3.77. The van der Waals surface area contributed by atoms with E-state index in [1.54, 1.807) is 17.0 Å². The van der Waals surface area contributed by atoms with Crippen molar-refractivity contribution in [3.8, 4) is 12.3 Å². The molecule has 2 aromatic rings. The zero-order valence-electron chi connectivity index (χ0n) is 17.7. The fourth-order valence-electron chi connectivity index (χ4n) is 5.12. The third kappa shape index (κ3) is 3.62. The molecule has 3 aliphatic heterocycles. The van der Waals surface area contributed by atoms with Gasteiger partial charge in [-0.3, -0.25) is 4.79 Å². The summed E-state index contributed by atoms with van der Waals surface area (Å²) in [5.41, 5.74) is -0.251. The summed E-state index contributed by atoms with van der Waals surface area (Å²) in [6.07, 6.45) is 6.41. The van der Waals surface area contributed by atoms with Gasteiger partial charge in [0.1, 0.15) is 17.9 Å². The van der Waals surface area contributed by atoms with Gasteiger partial charge in [-0.1, -0.05) is 12.0 Å². The number of halogens is 2. The van der Waals surface area contributed by atoms with Crippen molar-refractivity contribution in [1.82, 2.24) is 9.21 Å². The van der Waals surface area contributed by atoms with Crippen molar-refractivity contribution in [1.29, 1.82) is 0 Å². The average molecular weight is 473 g/mol. The van der Waals surface area contributed by atoms with Crippen LogP contribution in [-0.2, 0) is 19.6 Å². The highest BCUT2D eigenvalue weighted by Gasteiger charge is 2.58. The van der Waals surface area contributed by atoms with Crippen LogP contribution in [-0.4, -0.2) is 48.4 Å². The van der Waals surface area contributed by atoms with E-state index in [1.165, 1.54) is 28.6 Å². The Morgan fingerprint density at radius 2 is 1.76 bits per heavy atom. The monoisotopic (exact) mass is 472 g/mol. The van der Waals surface area contributed by atoms with Gasteiger partial charge in [-0.05, 0) is 61.6 Å². The minimum Gasteiger partial charge on any atom is -0.342 e. The zero-order valence-corrected chi connectivity index (χ0v) is 18.5. The van der Waals surface area contributed by atoms with Crippen LogP contribution in [0, 0.1) is 24.0 Å². The van der Waals surface area contributed by atoms with Crippen molar-refractivity contribution in [2.75, 3.05) is 13.1 Å². The Bertz CT molecular complexity index is 1250. The van der Waals surface area contributed by atoms with Crippen molar-refractivity contribution in [3.05, 3.63) is 65.2 Å². The van der Waals surface area contributed by atoms with Gasteiger partial charge in [-0.25, -0.2) is 17.2 Å². The lowest BCUT2D eigenvalue weighted by Crippen LogP contribution is -2.51. The number of hydrogen-bond donors (Lipinski definition) is 0. The summed E-state index contributed by atoms with van der Waals surface area (Å²) >= 11 is 0. The maximum atomic E-state index is 13.8. The highest BCUT2D eigenvalue weighted by Crippen LogP contribution is 2.48. The van der Waals surface area contributed by atoms with Gasteiger partial charge in [-0.2, -0.15) is 4.31 Å². The summed E-state index contributed by atoms with van der Waals surface area (Å²) in [6, 6.07) is 9.02. The summed E-state index contributed by atoms with van der Waals surface area (Å²) in [5.74, 6) is 0.807. The van der Waals surface area contributed by atoms with E-state index in [9.17, 15) is 22.0 Å². The van der Waals surface area contributed by atoms with Crippen LogP contribution in [0.2, 0.25) is 0 Å². The highest BCUT2D eigenvalue weighted by molar-refractivity contribution is 7.89. The first-order valence-electron chi connectivity index (χ1n) is 10.8. The van der Waals surface area contributed by atoms with Gasteiger partial charge in [-0.15, -0.1) is 6.42 Å². The number of nitrogens with zero attached hydrogens (tertiary/aromatic N) is 2. The first kappa shape index (κ1) is 22.0. The quantitative estimate of drug-likeness (QED) is 0.644. The summed E-state index contributed by atoms with van der Waals surface area (Å²) in [5, 5.41) is 0. The first-order chi connectivity index (χ1) is 15.7. The molecule has 3 heterocycles. The molecule has 1 spiro atoms. The van der Waals surface area contributed by atoms with Crippen LogP contribution in [0.4, 0.5) is 8.78 Å². The third-order valence-corrected chi connectivity index (χ3v) is 8.65. The molecule has 0 unspecified atom stereocenters. The Balaban J connectivity index is 1.34. The third-order valence-electron chi connectivity index (χ3n) is 6.76. The summed E-state index contributed by atoms with van der Waals surface area (Å²) < 4.78 is 61.2. The van der Waals surface area contributed by atoms with Crippen LogP contribution in [0.3, 0.4) is 0 Å². The van der Waals surface area contributed by atoms with E-state index < -0.39 is 39.5 Å². The molecule has 0 bridgehead atoms. The van der Waals surface area contributed by atoms with E-state index in [0.717, 1.165) is 6.07 Å². The maximum absolute atomic E-state index is 13.8. The number of terminal acetylenes is 1. The predicted molar refractivity (Wildman–Crippen MR) is 115 cm³/mol. The molecule has 1 amide bonds. The van der Waals surface area contributed by atoms with E-state index in [2.05, 4.69) is 5.92 Å². The smallest absolute Gasteiger partial charge is 0.257 e. The molecule has 172 valence electrons. The van der Waals surface area contributed by atoms with Crippen LogP contribution in [0.25, 0.3) is 0 Å². The van der Waals surface area contributed by atoms with Crippen molar-refractivity contribution in [2.24, 2.45) is 0 Å². The number of amides is 1. The van der Waals surface area contributed by atoms with Gasteiger partial charge in [0.05, 0.1) is 10.9 Å². The molecular formula is C24H22F2N2O4S. The first-order valence-corrected chi connectivity index (χ1v) is 12.2. The second kappa shape index (κ2) is 7.90. The molecule has 0 radical (unpaired) electrons. The second-order valence-corrected chi connectivity index (χ2v) is 10.6. The molecular weight excluding hydrogens is 450 g/mol. The molecule has 3 aliphatic rings. The number of piperidine rings is 1. The van der Waals surface area contributed by atoms with Crippen LogP contribution in [0.1, 0.15) is 42.9 Å². The maximum Gasteiger partial charge on any atom is 0.257 e. The molecule has 2 aromatic carbocycles. The molecule has 5 rings (SSSR count). The van der Waals surface area contributed by atoms with Gasteiger partial charge >= 0.3 is 0 Å². The number of rotatable bonds is 3. The van der Waals surface area contributed by atoms with Gasteiger partial charge in [0.2, 0.25) is 10.0 Å². The molecule has 6 nitrogen and oxygen atoms in total. The van der Waals surface area contributed by atoms with Crippen LogP contribution >= 0.6 is 0 Å². The zero-order chi connectivity index (χ0) is 23.4. The Labute approximate surface area is 191 Å². The molecule has 3 fully saturated rings. The summed E-state index contributed by atoms with van der Waals surface area (Å²) in [4.78, 5) is 15.1. The van der Waals surface area contributed by atoms with E-state index in [4.69, 9.17) is 11.2 Å². The lowest BCUT2D eigenvalue weighted by Gasteiger charge is -2.37. The molecule has 0 aromatic heterocycles. The molecule has 0 aliphatic carbocycles.